The maximum Gasteiger partial charge on any atom is 0.126 e. The number of benzene rings is 2. The number of rotatable bonds is 10. The van der Waals surface area contributed by atoms with Crippen molar-refractivity contribution in [2.24, 2.45) is 0 Å². The summed E-state index contributed by atoms with van der Waals surface area (Å²) in [5.74, 6) is 0. The van der Waals surface area contributed by atoms with Gasteiger partial charge in [-0.1, -0.05) is 60.7 Å². The summed E-state index contributed by atoms with van der Waals surface area (Å²) >= 11 is 0. The number of alkyl halides is 1. The Morgan fingerprint density at radius 1 is 0.875 bits per heavy atom. The molecule has 130 valence electrons. The maximum atomic E-state index is 14.0. The van der Waals surface area contributed by atoms with E-state index in [2.05, 4.69) is 0 Å². The predicted octanol–water partition coefficient (Wildman–Crippen LogP) is 4.16. The smallest absolute Gasteiger partial charge is 0.126 e. The maximum absolute atomic E-state index is 14.0. The van der Waals surface area contributed by atoms with Crippen LogP contribution in [0.2, 0.25) is 0 Å². The predicted molar refractivity (Wildman–Crippen MR) is 92.5 cm³/mol. The number of hydrogen-bond acceptors (Lipinski definition) is 3. The molecule has 0 amide bonds. The second-order valence-electron chi connectivity index (χ2n) is 5.71. The molecule has 3 nitrogen and oxygen atoms in total. The van der Waals surface area contributed by atoms with Crippen LogP contribution in [0.4, 0.5) is 4.39 Å². The quantitative estimate of drug-likeness (QED) is 0.654. The van der Waals surface area contributed by atoms with Gasteiger partial charge in [-0.25, -0.2) is 4.39 Å². The van der Waals surface area contributed by atoms with Gasteiger partial charge in [-0.3, -0.25) is 0 Å². The third kappa shape index (κ3) is 6.04. The van der Waals surface area contributed by atoms with Gasteiger partial charge in [0.15, 0.2) is 0 Å². The molecule has 0 saturated carbocycles. The minimum absolute atomic E-state index is 0.277. The SMILES string of the molecule is COC(COCc1ccccc1)C(OCc1ccccc1)[C@@H](C)F. The lowest BCUT2D eigenvalue weighted by Gasteiger charge is -2.27. The molecule has 0 heterocycles. The highest BCUT2D eigenvalue weighted by Gasteiger charge is 2.28. The van der Waals surface area contributed by atoms with Gasteiger partial charge in [-0.15, -0.1) is 0 Å². The van der Waals surface area contributed by atoms with Gasteiger partial charge < -0.3 is 14.2 Å². The van der Waals surface area contributed by atoms with Crippen molar-refractivity contribution in [3.63, 3.8) is 0 Å². The van der Waals surface area contributed by atoms with E-state index in [4.69, 9.17) is 14.2 Å². The van der Waals surface area contributed by atoms with E-state index in [1.807, 2.05) is 60.7 Å². The third-order valence-electron chi connectivity index (χ3n) is 3.80. The van der Waals surface area contributed by atoms with Gasteiger partial charge in [-0.05, 0) is 18.1 Å². The molecule has 0 aromatic heterocycles. The first-order chi connectivity index (χ1) is 11.7. The lowest BCUT2D eigenvalue weighted by atomic mass is 10.1. The summed E-state index contributed by atoms with van der Waals surface area (Å²) in [6.07, 6.45) is -2.29. The van der Waals surface area contributed by atoms with Crippen LogP contribution in [0.1, 0.15) is 18.1 Å². The number of hydrogen-bond donors (Lipinski definition) is 0. The molecule has 0 aliphatic rings. The van der Waals surface area contributed by atoms with Crippen LogP contribution in [0.3, 0.4) is 0 Å². The highest BCUT2D eigenvalue weighted by Crippen LogP contribution is 2.15. The summed E-state index contributed by atoms with van der Waals surface area (Å²) in [6, 6.07) is 19.6. The van der Waals surface area contributed by atoms with Crippen LogP contribution in [-0.2, 0) is 27.4 Å². The normalized spacial score (nSPS) is 15.0. The summed E-state index contributed by atoms with van der Waals surface area (Å²) in [4.78, 5) is 0. The standard InChI is InChI=1S/C20H25FO3/c1-16(21)20(24-14-18-11-7-4-8-12-18)19(22-2)15-23-13-17-9-5-3-6-10-17/h3-12,16,19-20H,13-15H2,1-2H3/t16-,19?,20?/m1/s1. The van der Waals surface area contributed by atoms with Gasteiger partial charge in [0.2, 0.25) is 0 Å². The molecule has 0 saturated heterocycles. The summed E-state index contributed by atoms with van der Waals surface area (Å²) in [5.41, 5.74) is 2.07. The molecule has 0 bridgehead atoms. The molecule has 0 aliphatic heterocycles. The summed E-state index contributed by atoms with van der Waals surface area (Å²) in [6.45, 7) is 2.57. The molecule has 3 atom stereocenters. The van der Waals surface area contributed by atoms with E-state index in [-0.39, 0.29) is 6.61 Å². The molecular formula is C20H25FO3. The Morgan fingerprint density at radius 2 is 1.42 bits per heavy atom. The fourth-order valence-electron chi connectivity index (χ4n) is 2.47. The monoisotopic (exact) mass is 332 g/mol. The Labute approximate surface area is 143 Å². The Morgan fingerprint density at radius 3 is 1.92 bits per heavy atom. The first-order valence-corrected chi connectivity index (χ1v) is 8.14. The van der Waals surface area contributed by atoms with Crippen LogP contribution < -0.4 is 0 Å². The zero-order valence-electron chi connectivity index (χ0n) is 14.2. The summed E-state index contributed by atoms with van der Waals surface area (Å²) in [5, 5.41) is 0. The Bertz CT molecular complexity index is 560. The lowest BCUT2D eigenvalue weighted by molar-refractivity contribution is -0.120. The van der Waals surface area contributed by atoms with Gasteiger partial charge in [-0.2, -0.15) is 0 Å². The molecule has 24 heavy (non-hydrogen) atoms. The largest absolute Gasteiger partial charge is 0.376 e. The highest BCUT2D eigenvalue weighted by molar-refractivity contribution is 5.14. The molecule has 4 heteroatoms. The third-order valence-corrected chi connectivity index (χ3v) is 3.80. The Kier molecular flexibility index (Phi) is 7.89. The number of methoxy groups -OCH3 is 1. The van der Waals surface area contributed by atoms with E-state index >= 15 is 0 Å². The van der Waals surface area contributed by atoms with Crippen LogP contribution in [-0.4, -0.2) is 32.1 Å². The van der Waals surface area contributed by atoms with Crippen LogP contribution >= 0.6 is 0 Å². The molecule has 2 aromatic rings. The van der Waals surface area contributed by atoms with Crippen molar-refractivity contribution in [2.45, 2.75) is 38.5 Å². The van der Waals surface area contributed by atoms with Gasteiger partial charge in [0.05, 0.1) is 19.8 Å². The van der Waals surface area contributed by atoms with Crippen molar-refractivity contribution in [3.8, 4) is 0 Å². The van der Waals surface area contributed by atoms with Crippen molar-refractivity contribution in [1.29, 1.82) is 0 Å². The molecule has 0 spiro atoms. The average molecular weight is 332 g/mol. The van der Waals surface area contributed by atoms with Crippen molar-refractivity contribution in [2.75, 3.05) is 13.7 Å². The van der Waals surface area contributed by atoms with E-state index in [9.17, 15) is 4.39 Å². The molecule has 2 rings (SSSR count). The highest BCUT2D eigenvalue weighted by atomic mass is 19.1. The molecule has 0 fully saturated rings. The molecule has 2 aromatic carbocycles. The van der Waals surface area contributed by atoms with Crippen LogP contribution in [0, 0.1) is 0 Å². The minimum Gasteiger partial charge on any atom is -0.376 e. The van der Waals surface area contributed by atoms with Crippen LogP contribution in [0.5, 0.6) is 0 Å². The molecule has 0 radical (unpaired) electrons. The zero-order valence-corrected chi connectivity index (χ0v) is 14.2. The first kappa shape index (κ1) is 18.6. The molecule has 2 unspecified atom stereocenters. The van der Waals surface area contributed by atoms with Gasteiger partial charge in [0, 0.05) is 7.11 Å². The molecular weight excluding hydrogens is 307 g/mol. The number of ether oxygens (including phenoxy) is 3. The van der Waals surface area contributed by atoms with E-state index < -0.39 is 18.4 Å². The summed E-state index contributed by atoms with van der Waals surface area (Å²) < 4.78 is 30.9. The van der Waals surface area contributed by atoms with Crippen molar-refractivity contribution in [3.05, 3.63) is 71.8 Å². The van der Waals surface area contributed by atoms with Gasteiger partial charge >= 0.3 is 0 Å². The van der Waals surface area contributed by atoms with E-state index in [1.165, 1.54) is 6.92 Å². The van der Waals surface area contributed by atoms with E-state index in [1.54, 1.807) is 7.11 Å². The van der Waals surface area contributed by atoms with Crippen LogP contribution in [0.15, 0.2) is 60.7 Å². The second-order valence-corrected chi connectivity index (χ2v) is 5.71. The molecule has 0 N–H and O–H groups in total. The zero-order chi connectivity index (χ0) is 17.2. The van der Waals surface area contributed by atoms with E-state index in [0.717, 1.165) is 11.1 Å². The number of halogens is 1. The fourth-order valence-corrected chi connectivity index (χ4v) is 2.47. The Balaban J connectivity index is 1.86. The van der Waals surface area contributed by atoms with Crippen molar-refractivity contribution in [1.82, 2.24) is 0 Å². The Hall–Kier alpha value is -1.75. The lowest BCUT2D eigenvalue weighted by Crippen LogP contribution is -2.40. The summed E-state index contributed by atoms with van der Waals surface area (Å²) in [7, 11) is 1.55. The van der Waals surface area contributed by atoms with Gasteiger partial charge in [0.1, 0.15) is 18.4 Å². The van der Waals surface area contributed by atoms with E-state index in [0.29, 0.717) is 13.2 Å². The van der Waals surface area contributed by atoms with Crippen molar-refractivity contribution >= 4 is 0 Å². The van der Waals surface area contributed by atoms with Crippen LogP contribution in [0.25, 0.3) is 0 Å². The molecule has 0 aliphatic carbocycles. The topological polar surface area (TPSA) is 27.7 Å². The average Bonchev–Trinajstić information content (AvgIpc) is 2.62. The van der Waals surface area contributed by atoms with Crippen molar-refractivity contribution < 1.29 is 18.6 Å². The minimum atomic E-state index is -1.15. The second kappa shape index (κ2) is 10.2. The fraction of sp³-hybridized carbons (Fsp3) is 0.400. The first-order valence-electron chi connectivity index (χ1n) is 8.14. The van der Waals surface area contributed by atoms with Gasteiger partial charge in [0.25, 0.3) is 0 Å².